The van der Waals surface area contributed by atoms with Crippen LogP contribution in [0.3, 0.4) is 0 Å². The van der Waals surface area contributed by atoms with Gasteiger partial charge in [0, 0.05) is 18.5 Å². The zero-order chi connectivity index (χ0) is 11.4. The van der Waals surface area contributed by atoms with Gasteiger partial charge in [0.2, 0.25) is 5.82 Å². The van der Waals surface area contributed by atoms with Crippen molar-refractivity contribution in [3.05, 3.63) is 17.7 Å². The van der Waals surface area contributed by atoms with Gasteiger partial charge in [0.25, 0.3) is 0 Å². The zero-order valence-corrected chi connectivity index (χ0v) is 10.0. The van der Waals surface area contributed by atoms with Crippen LogP contribution in [0.4, 0.5) is 0 Å². The third-order valence-corrected chi connectivity index (χ3v) is 3.05. The Morgan fingerprint density at radius 1 is 1.67 bits per heavy atom. The number of imidazole rings is 1. The normalized spacial score (nSPS) is 10.9. The van der Waals surface area contributed by atoms with Crippen molar-refractivity contribution in [1.29, 1.82) is 0 Å². The van der Waals surface area contributed by atoms with Crippen LogP contribution in [0.2, 0.25) is 0 Å². The molecule has 0 fully saturated rings. The first-order valence-corrected chi connectivity index (χ1v) is 6.00. The van der Waals surface area contributed by atoms with Crippen molar-refractivity contribution < 1.29 is 9.90 Å². The SMILES string of the molecule is CCn1cc(CSC(C)C)nc1C(=O)O. The summed E-state index contributed by atoms with van der Waals surface area (Å²) in [6.07, 6.45) is 1.82. The topological polar surface area (TPSA) is 55.1 Å². The lowest BCUT2D eigenvalue weighted by molar-refractivity contribution is 0.0678. The molecule has 0 bridgehead atoms. The summed E-state index contributed by atoms with van der Waals surface area (Å²) in [5.74, 6) is -0.0557. The van der Waals surface area contributed by atoms with E-state index in [0.29, 0.717) is 11.8 Å². The standard InChI is InChI=1S/C10H16N2O2S/c1-4-12-5-8(6-15-7(2)3)11-9(12)10(13)14/h5,7H,4,6H2,1-3H3,(H,13,14). The lowest BCUT2D eigenvalue weighted by Crippen LogP contribution is -2.07. The highest BCUT2D eigenvalue weighted by Gasteiger charge is 2.13. The second-order valence-electron chi connectivity index (χ2n) is 3.51. The molecule has 0 amide bonds. The highest BCUT2D eigenvalue weighted by molar-refractivity contribution is 7.99. The van der Waals surface area contributed by atoms with E-state index in [1.807, 2.05) is 13.1 Å². The van der Waals surface area contributed by atoms with Gasteiger partial charge in [-0.2, -0.15) is 11.8 Å². The van der Waals surface area contributed by atoms with E-state index in [4.69, 9.17) is 5.11 Å². The van der Waals surface area contributed by atoms with Gasteiger partial charge in [0.05, 0.1) is 5.69 Å². The number of aromatic nitrogens is 2. The maximum Gasteiger partial charge on any atom is 0.372 e. The van der Waals surface area contributed by atoms with E-state index in [0.717, 1.165) is 11.4 Å². The first-order valence-electron chi connectivity index (χ1n) is 4.95. The summed E-state index contributed by atoms with van der Waals surface area (Å²) in [7, 11) is 0. The fourth-order valence-electron chi connectivity index (χ4n) is 1.20. The molecule has 0 aliphatic rings. The molecule has 1 aromatic heterocycles. The molecule has 1 aromatic rings. The second-order valence-corrected chi connectivity index (χ2v) is 5.07. The highest BCUT2D eigenvalue weighted by Crippen LogP contribution is 2.16. The van der Waals surface area contributed by atoms with Crippen LogP contribution < -0.4 is 0 Å². The summed E-state index contributed by atoms with van der Waals surface area (Å²) < 4.78 is 1.67. The van der Waals surface area contributed by atoms with E-state index in [-0.39, 0.29) is 5.82 Å². The molecule has 84 valence electrons. The van der Waals surface area contributed by atoms with Crippen molar-refractivity contribution in [2.75, 3.05) is 0 Å². The van der Waals surface area contributed by atoms with E-state index in [1.165, 1.54) is 0 Å². The number of hydrogen-bond donors (Lipinski definition) is 1. The minimum Gasteiger partial charge on any atom is -0.475 e. The molecule has 0 spiro atoms. The van der Waals surface area contributed by atoms with Gasteiger partial charge in [-0.15, -0.1) is 0 Å². The number of aryl methyl sites for hydroxylation is 1. The van der Waals surface area contributed by atoms with Crippen molar-refractivity contribution >= 4 is 17.7 Å². The number of hydrogen-bond acceptors (Lipinski definition) is 3. The van der Waals surface area contributed by atoms with Crippen LogP contribution in [0.15, 0.2) is 6.20 Å². The number of thioether (sulfide) groups is 1. The first-order chi connectivity index (χ1) is 7.04. The van der Waals surface area contributed by atoms with Crippen LogP contribution in [0.25, 0.3) is 0 Å². The Labute approximate surface area is 93.7 Å². The first kappa shape index (κ1) is 12.1. The summed E-state index contributed by atoms with van der Waals surface area (Å²) in [6, 6.07) is 0. The Morgan fingerprint density at radius 2 is 2.33 bits per heavy atom. The van der Waals surface area contributed by atoms with Gasteiger partial charge in [0.15, 0.2) is 0 Å². The third-order valence-electron chi connectivity index (χ3n) is 1.92. The lowest BCUT2D eigenvalue weighted by atomic mass is 10.5. The lowest BCUT2D eigenvalue weighted by Gasteiger charge is -2.00. The van der Waals surface area contributed by atoms with Crippen LogP contribution >= 0.6 is 11.8 Å². The predicted molar refractivity (Wildman–Crippen MR) is 61.3 cm³/mol. The average molecular weight is 228 g/mol. The molecule has 0 atom stereocenters. The number of carboxylic acid groups (broad SMARTS) is 1. The molecule has 1 N–H and O–H groups in total. The molecule has 0 saturated carbocycles. The molecule has 0 saturated heterocycles. The summed E-state index contributed by atoms with van der Waals surface area (Å²) in [6.45, 7) is 6.77. The number of carboxylic acids is 1. The summed E-state index contributed by atoms with van der Waals surface area (Å²) in [5.41, 5.74) is 0.841. The van der Waals surface area contributed by atoms with E-state index in [9.17, 15) is 4.79 Å². The number of carbonyl (C=O) groups is 1. The Morgan fingerprint density at radius 3 is 2.73 bits per heavy atom. The monoisotopic (exact) mass is 228 g/mol. The molecular weight excluding hydrogens is 212 g/mol. The Hall–Kier alpha value is -0.970. The van der Waals surface area contributed by atoms with Gasteiger partial charge in [0.1, 0.15) is 0 Å². The minimum atomic E-state index is -0.961. The predicted octanol–water partition coefficient (Wildman–Crippen LogP) is 2.24. The maximum atomic E-state index is 10.8. The fraction of sp³-hybridized carbons (Fsp3) is 0.600. The van der Waals surface area contributed by atoms with Gasteiger partial charge >= 0.3 is 5.97 Å². The molecule has 0 aliphatic heterocycles. The van der Waals surface area contributed by atoms with Crippen molar-refractivity contribution in [3.8, 4) is 0 Å². The molecule has 1 heterocycles. The van der Waals surface area contributed by atoms with Crippen molar-refractivity contribution in [2.45, 2.75) is 38.3 Å². The Kier molecular flexibility index (Phi) is 4.20. The zero-order valence-electron chi connectivity index (χ0n) is 9.23. The van der Waals surface area contributed by atoms with Crippen LogP contribution in [0, 0.1) is 0 Å². The van der Waals surface area contributed by atoms with Crippen LogP contribution in [0.5, 0.6) is 0 Å². The summed E-state index contributed by atoms with van der Waals surface area (Å²) in [5, 5.41) is 9.43. The third kappa shape index (κ3) is 3.27. The molecule has 5 heteroatoms. The van der Waals surface area contributed by atoms with Crippen LogP contribution in [0.1, 0.15) is 37.1 Å². The Balaban J connectivity index is 2.78. The van der Waals surface area contributed by atoms with E-state index in [1.54, 1.807) is 16.3 Å². The maximum absolute atomic E-state index is 10.8. The molecule has 0 radical (unpaired) electrons. The van der Waals surface area contributed by atoms with Crippen LogP contribution in [-0.4, -0.2) is 25.9 Å². The highest BCUT2D eigenvalue weighted by atomic mass is 32.2. The molecule has 15 heavy (non-hydrogen) atoms. The minimum absolute atomic E-state index is 0.136. The van der Waals surface area contributed by atoms with Crippen molar-refractivity contribution in [1.82, 2.24) is 9.55 Å². The van der Waals surface area contributed by atoms with E-state index >= 15 is 0 Å². The molecule has 4 nitrogen and oxygen atoms in total. The summed E-state index contributed by atoms with van der Waals surface area (Å²) >= 11 is 1.76. The molecule has 1 rings (SSSR count). The molecular formula is C10H16N2O2S. The van der Waals surface area contributed by atoms with E-state index < -0.39 is 5.97 Å². The second kappa shape index (κ2) is 5.21. The van der Waals surface area contributed by atoms with Gasteiger partial charge < -0.3 is 9.67 Å². The number of rotatable bonds is 5. The molecule has 0 unspecified atom stereocenters. The largest absolute Gasteiger partial charge is 0.475 e. The average Bonchev–Trinajstić information content (AvgIpc) is 2.57. The smallest absolute Gasteiger partial charge is 0.372 e. The molecule has 0 aliphatic carbocycles. The van der Waals surface area contributed by atoms with Gasteiger partial charge in [-0.05, 0) is 12.2 Å². The van der Waals surface area contributed by atoms with Crippen molar-refractivity contribution in [2.24, 2.45) is 0 Å². The number of nitrogens with zero attached hydrogens (tertiary/aromatic N) is 2. The quantitative estimate of drug-likeness (QED) is 0.839. The van der Waals surface area contributed by atoms with Gasteiger partial charge in [-0.25, -0.2) is 9.78 Å². The fourth-order valence-corrected chi connectivity index (χ4v) is 1.85. The van der Waals surface area contributed by atoms with Crippen LogP contribution in [-0.2, 0) is 12.3 Å². The number of aromatic carboxylic acids is 1. The summed E-state index contributed by atoms with van der Waals surface area (Å²) in [4.78, 5) is 14.9. The van der Waals surface area contributed by atoms with Gasteiger partial charge in [-0.1, -0.05) is 13.8 Å². The van der Waals surface area contributed by atoms with Crippen molar-refractivity contribution in [3.63, 3.8) is 0 Å². The Bertz CT molecular complexity index is 347. The van der Waals surface area contributed by atoms with E-state index in [2.05, 4.69) is 18.8 Å². The van der Waals surface area contributed by atoms with Gasteiger partial charge in [-0.3, -0.25) is 0 Å². The molecule has 0 aromatic carbocycles.